The van der Waals surface area contributed by atoms with Crippen molar-refractivity contribution in [1.29, 1.82) is 5.41 Å². The number of rotatable bonds is 2. The van der Waals surface area contributed by atoms with Gasteiger partial charge >= 0.3 is 0 Å². The van der Waals surface area contributed by atoms with Gasteiger partial charge in [-0.25, -0.2) is 0 Å². The smallest absolute Gasteiger partial charge is 0.0925 e. The summed E-state index contributed by atoms with van der Waals surface area (Å²) in [6, 6.07) is 0. The number of amidine groups is 1. The molecule has 1 rings (SSSR count). The first kappa shape index (κ1) is 9.52. The minimum Gasteiger partial charge on any atom is -0.396 e. The zero-order valence-electron chi connectivity index (χ0n) is 7.71. The molecule has 70 valence electrons. The molecule has 3 heteroatoms. The van der Waals surface area contributed by atoms with Gasteiger partial charge in [0, 0.05) is 19.7 Å². The third-order valence-electron chi connectivity index (χ3n) is 2.53. The predicted molar refractivity (Wildman–Crippen MR) is 49.4 cm³/mol. The van der Waals surface area contributed by atoms with Crippen molar-refractivity contribution in [3.05, 3.63) is 0 Å². The lowest BCUT2D eigenvalue weighted by molar-refractivity contribution is 0.197. The average Bonchev–Trinajstić information content (AvgIpc) is 2.05. The first-order chi connectivity index (χ1) is 5.74. The second kappa shape index (κ2) is 4.45. The summed E-state index contributed by atoms with van der Waals surface area (Å²) in [6.07, 6.45) is 3.27. The fourth-order valence-corrected chi connectivity index (χ4v) is 1.79. The molecule has 2 N–H and O–H groups in total. The van der Waals surface area contributed by atoms with Gasteiger partial charge < -0.3 is 10.0 Å². The fraction of sp³-hybridized carbons (Fsp3) is 0.889. The van der Waals surface area contributed by atoms with Crippen LogP contribution in [0.15, 0.2) is 0 Å². The molecule has 0 saturated carbocycles. The van der Waals surface area contributed by atoms with Gasteiger partial charge in [-0.3, -0.25) is 5.41 Å². The second-order valence-electron chi connectivity index (χ2n) is 3.55. The lowest BCUT2D eigenvalue weighted by Gasteiger charge is -2.33. The Morgan fingerprint density at radius 1 is 1.67 bits per heavy atom. The van der Waals surface area contributed by atoms with Gasteiger partial charge in [0.25, 0.3) is 0 Å². The molecule has 3 nitrogen and oxygen atoms in total. The third-order valence-corrected chi connectivity index (χ3v) is 2.53. The van der Waals surface area contributed by atoms with Crippen LogP contribution in [-0.2, 0) is 0 Å². The van der Waals surface area contributed by atoms with Crippen LogP contribution in [0.1, 0.15) is 26.2 Å². The number of nitrogens with one attached hydrogen (secondary N) is 1. The molecular weight excluding hydrogens is 152 g/mol. The van der Waals surface area contributed by atoms with Crippen LogP contribution in [0.4, 0.5) is 0 Å². The molecule has 1 heterocycles. The quantitative estimate of drug-likeness (QED) is 0.481. The number of piperidine rings is 1. The summed E-state index contributed by atoms with van der Waals surface area (Å²) in [5.41, 5.74) is 0. The summed E-state index contributed by atoms with van der Waals surface area (Å²) < 4.78 is 0. The standard InChI is InChI=1S/C9H18N2O/c1-8(10)11-5-2-3-9(7-11)4-6-12/h9-10,12H,2-7H2,1H3. The van der Waals surface area contributed by atoms with Gasteiger partial charge in [0.15, 0.2) is 0 Å². The van der Waals surface area contributed by atoms with Crippen molar-refractivity contribution in [2.75, 3.05) is 19.7 Å². The Morgan fingerprint density at radius 2 is 2.42 bits per heavy atom. The Balaban J connectivity index is 2.35. The molecule has 0 bridgehead atoms. The minimum absolute atomic E-state index is 0.287. The number of aliphatic hydroxyl groups excluding tert-OH is 1. The van der Waals surface area contributed by atoms with Crippen molar-refractivity contribution in [3.8, 4) is 0 Å². The van der Waals surface area contributed by atoms with Crippen LogP contribution in [-0.4, -0.2) is 35.5 Å². The van der Waals surface area contributed by atoms with E-state index in [2.05, 4.69) is 4.90 Å². The van der Waals surface area contributed by atoms with Gasteiger partial charge in [0.05, 0.1) is 5.84 Å². The highest BCUT2D eigenvalue weighted by molar-refractivity contribution is 5.76. The molecule has 1 atom stereocenters. The van der Waals surface area contributed by atoms with Crippen LogP contribution in [0.25, 0.3) is 0 Å². The summed E-state index contributed by atoms with van der Waals surface area (Å²) in [7, 11) is 0. The van der Waals surface area contributed by atoms with Crippen molar-refractivity contribution in [1.82, 2.24) is 4.90 Å². The number of aliphatic hydroxyl groups is 1. The monoisotopic (exact) mass is 170 g/mol. The van der Waals surface area contributed by atoms with Gasteiger partial charge in [0.1, 0.15) is 0 Å². The molecule has 0 aliphatic carbocycles. The molecule has 12 heavy (non-hydrogen) atoms. The Kier molecular flexibility index (Phi) is 3.53. The van der Waals surface area contributed by atoms with Crippen molar-refractivity contribution in [2.45, 2.75) is 26.2 Å². The molecule has 1 unspecified atom stereocenters. The number of nitrogens with zero attached hydrogens (tertiary/aromatic N) is 1. The molecule has 0 spiro atoms. The second-order valence-corrected chi connectivity index (χ2v) is 3.55. The molecule has 1 saturated heterocycles. The lowest BCUT2D eigenvalue weighted by Crippen LogP contribution is -2.38. The highest BCUT2D eigenvalue weighted by Gasteiger charge is 2.19. The molecule has 1 aliphatic rings. The lowest BCUT2D eigenvalue weighted by atomic mass is 9.95. The van der Waals surface area contributed by atoms with Gasteiger partial charge in [-0.15, -0.1) is 0 Å². The molecular formula is C9H18N2O. The van der Waals surface area contributed by atoms with Crippen LogP contribution < -0.4 is 0 Å². The Labute approximate surface area is 73.9 Å². The zero-order chi connectivity index (χ0) is 8.97. The molecule has 0 amide bonds. The van der Waals surface area contributed by atoms with E-state index in [0.29, 0.717) is 11.8 Å². The van der Waals surface area contributed by atoms with Gasteiger partial charge in [-0.2, -0.15) is 0 Å². The fourth-order valence-electron chi connectivity index (χ4n) is 1.79. The maximum atomic E-state index is 8.77. The van der Waals surface area contributed by atoms with E-state index in [0.717, 1.165) is 19.5 Å². The van der Waals surface area contributed by atoms with E-state index in [4.69, 9.17) is 10.5 Å². The number of hydrogen-bond acceptors (Lipinski definition) is 2. The maximum Gasteiger partial charge on any atom is 0.0925 e. The highest BCUT2D eigenvalue weighted by Crippen LogP contribution is 2.18. The molecule has 1 aliphatic heterocycles. The van der Waals surface area contributed by atoms with E-state index in [1.54, 1.807) is 0 Å². The highest BCUT2D eigenvalue weighted by atomic mass is 16.3. The van der Waals surface area contributed by atoms with Crippen LogP contribution in [0.3, 0.4) is 0 Å². The maximum absolute atomic E-state index is 8.77. The van der Waals surface area contributed by atoms with Gasteiger partial charge in [-0.05, 0) is 32.1 Å². The third kappa shape index (κ3) is 2.48. The summed E-state index contributed by atoms with van der Waals surface area (Å²) >= 11 is 0. The number of hydrogen-bond donors (Lipinski definition) is 2. The molecule has 0 aromatic rings. The minimum atomic E-state index is 0.287. The molecule has 1 fully saturated rings. The van der Waals surface area contributed by atoms with Crippen molar-refractivity contribution in [3.63, 3.8) is 0 Å². The van der Waals surface area contributed by atoms with E-state index in [-0.39, 0.29) is 6.61 Å². The summed E-state index contributed by atoms with van der Waals surface area (Å²) in [6.45, 7) is 4.12. The zero-order valence-corrected chi connectivity index (χ0v) is 7.71. The van der Waals surface area contributed by atoms with E-state index < -0.39 is 0 Å². The van der Waals surface area contributed by atoms with Crippen molar-refractivity contribution in [2.24, 2.45) is 5.92 Å². The topological polar surface area (TPSA) is 47.3 Å². The molecule has 0 aromatic heterocycles. The largest absolute Gasteiger partial charge is 0.396 e. The van der Waals surface area contributed by atoms with Crippen LogP contribution in [0, 0.1) is 11.3 Å². The van der Waals surface area contributed by atoms with Crippen LogP contribution in [0.2, 0.25) is 0 Å². The first-order valence-corrected chi connectivity index (χ1v) is 4.65. The van der Waals surface area contributed by atoms with Crippen LogP contribution >= 0.6 is 0 Å². The van der Waals surface area contributed by atoms with Crippen molar-refractivity contribution < 1.29 is 5.11 Å². The van der Waals surface area contributed by atoms with E-state index in [9.17, 15) is 0 Å². The van der Waals surface area contributed by atoms with Gasteiger partial charge in [-0.1, -0.05) is 0 Å². The van der Waals surface area contributed by atoms with Crippen LogP contribution in [0.5, 0.6) is 0 Å². The molecule has 0 aromatic carbocycles. The number of likely N-dealkylation sites (tertiary alicyclic amines) is 1. The molecule has 0 radical (unpaired) electrons. The summed E-state index contributed by atoms with van der Waals surface area (Å²) in [5, 5.41) is 16.2. The SMILES string of the molecule is CC(=N)N1CCCC(CCO)C1. The Hall–Kier alpha value is -0.570. The Bertz CT molecular complexity index is 157. The summed E-state index contributed by atoms with van der Waals surface area (Å²) in [4.78, 5) is 2.10. The van der Waals surface area contributed by atoms with Crippen molar-refractivity contribution >= 4 is 5.84 Å². The first-order valence-electron chi connectivity index (χ1n) is 4.65. The normalized spacial score (nSPS) is 24.2. The van der Waals surface area contributed by atoms with E-state index >= 15 is 0 Å². The van der Waals surface area contributed by atoms with E-state index in [1.807, 2.05) is 6.92 Å². The predicted octanol–water partition coefficient (Wildman–Crippen LogP) is 1.08. The van der Waals surface area contributed by atoms with E-state index in [1.165, 1.54) is 12.8 Å². The summed E-state index contributed by atoms with van der Waals surface area (Å²) in [5.74, 6) is 1.27. The Morgan fingerprint density at radius 3 is 3.00 bits per heavy atom. The van der Waals surface area contributed by atoms with Gasteiger partial charge in [0.2, 0.25) is 0 Å². The average molecular weight is 170 g/mol.